The Bertz CT molecular complexity index is 410. The monoisotopic (exact) mass is 251 g/mol. The maximum Gasteiger partial charge on any atom is 0.111 e. The largest absolute Gasteiger partial charge is 0.387 e. The molecule has 1 aromatic rings. The van der Waals surface area contributed by atoms with E-state index >= 15 is 0 Å². The van der Waals surface area contributed by atoms with Crippen molar-refractivity contribution in [3.8, 4) is 0 Å². The molecule has 0 radical (unpaired) electrons. The molecule has 5 heteroatoms. The van der Waals surface area contributed by atoms with Crippen LogP contribution in [0.3, 0.4) is 0 Å². The third-order valence-corrected chi connectivity index (χ3v) is 4.31. The SMILES string of the molecule is CC(O)c1cn(C2CCOC3(CCCC3)C2)nn1. The number of aromatic nitrogens is 3. The van der Waals surface area contributed by atoms with Gasteiger partial charge < -0.3 is 9.84 Å². The minimum absolute atomic E-state index is 0.0971. The van der Waals surface area contributed by atoms with Crippen LogP contribution in [0, 0.1) is 0 Å². The average Bonchev–Trinajstić information content (AvgIpc) is 2.98. The number of nitrogens with zero attached hydrogens (tertiary/aromatic N) is 3. The zero-order chi connectivity index (χ0) is 12.6. The Morgan fingerprint density at radius 2 is 2.28 bits per heavy atom. The van der Waals surface area contributed by atoms with Crippen LogP contribution in [0.2, 0.25) is 0 Å². The third kappa shape index (κ3) is 2.17. The standard InChI is InChI=1S/C13H21N3O2/c1-10(17)12-9-16(15-14-12)11-4-7-18-13(8-11)5-2-3-6-13/h9-11,17H,2-8H2,1H3. The molecule has 2 unspecified atom stereocenters. The molecule has 1 spiro atoms. The van der Waals surface area contributed by atoms with Crippen LogP contribution in [-0.2, 0) is 4.74 Å². The van der Waals surface area contributed by atoms with Gasteiger partial charge in [0.2, 0.25) is 0 Å². The summed E-state index contributed by atoms with van der Waals surface area (Å²) < 4.78 is 7.94. The van der Waals surface area contributed by atoms with E-state index in [1.54, 1.807) is 6.92 Å². The lowest BCUT2D eigenvalue weighted by Gasteiger charge is -2.38. The van der Waals surface area contributed by atoms with Gasteiger partial charge in [-0.1, -0.05) is 18.1 Å². The number of hydrogen-bond donors (Lipinski definition) is 1. The van der Waals surface area contributed by atoms with Gasteiger partial charge in [0.05, 0.1) is 23.9 Å². The minimum atomic E-state index is -0.543. The van der Waals surface area contributed by atoms with Gasteiger partial charge >= 0.3 is 0 Å². The van der Waals surface area contributed by atoms with E-state index in [1.165, 1.54) is 25.7 Å². The molecule has 0 amide bonds. The molecule has 3 rings (SSSR count). The van der Waals surface area contributed by atoms with E-state index in [2.05, 4.69) is 10.3 Å². The van der Waals surface area contributed by atoms with E-state index in [0.717, 1.165) is 19.4 Å². The van der Waals surface area contributed by atoms with E-state index in [9.17, 15) is 5.11 Å². The van der Waals surface area contributed by atoms with Crippen LogP contribution in [0.5, 0.6) is 0 Å². The Morgan fingerprint density at radius 3 is 2.94 bits per heavy atom. The summed E-state index contributed by atoms with van der Waals surface area (Å²) in [5.74, 6) is 0. The molecule has 0 aromatic carbocycles. The Balaban J connectivity index is 1.75. The van der Waals surface area contributed by atoms with E-state index in [-0.39, 0.29) is 5.60 Å². The number of rotatable bonds is 2. The van der Waals surface area contributed by atoms with Gasteiger partial charge in [-0.15, -0.1) is 5.10 Å². The van der Waals surface area contributed by atoms with Gasteiger partial charge in [0.15, 0.2) is 0 Å². The zero-order valence-electron chi connectivity index (χ0n) is 10.9. The summed E-state index contributed by atoms with van der Waals surface area (Å²) in [5, 5.41) is 17.7. The first-order chi connectivity index (χ1) is 8.69. The van der Waals surface area contributed by atoms with Crippen molar-refractivity contribution < 1.29 is 9.84 Å². The number of aliphatic hydroxyl groups is 1. The second-order valence-corrected chi connectivity index (χ2v) is 5.68. The highest BCUT2D eigenvalue weighted by atomic mass is 16.5. The van der Waals surface area contributed by atoms with Crippen molar-refractivity contribution in [3.63, 3.8) is 0 Å². The lowest BCUT2D eigenvalue weighted by Crippen LogP contribution is -2.38. The Kier molecular flexibility index (Phi) is 3.11. The van der Waals surface area contributed by atoms with Crippen molar-refractivity contribution in [3.05, 3.63) is 11.9 Å². The van der Waals surface area contributed by atoms with Crippen LogP contribution in [0.15, 0.2) is 6.20 Å². The van der Waals surface area contributed by atoms with Crippen molar-refractivity contribution in [1.82, 2.24) is 15.0 Å². The fourth-order valence-corrected chi connectivity index (χ4v) is 3.26. The molecule has 1 aliphatic heterocycles. The van der Waals surface area contributed by atoms with Crippen molar-refractivity contribution in [2.75, 3.05) is 6.61 Å². The summed E-state index contributed by atoms with van der Waals surface area (Å²) in [6, 6.07) is 0.372. The zero-order valence-corrected chi connectivity index (χ0v) is 10.9. The molecule has 1 N–H and O–H groups in total. The maximum absolute atomic E-state index is 9.50. The number of hydrogen-bond acceptors (Lipinski definition) is 4. The molecule has 2 fully saturated rings. The first-order valence-electron chi connectivity index (χ1n) is 6.92. The van der Waals surface area contributed by atoms with Crippen molar-refractivity contribution in [2.45, 2.75) is 63.2 Å². The third-order valence-electron chi connectivity index (χ3n) is 4.31. The normalized spacial score (nSPS) is 28.7. The molecule has 100 valence electrons. The van der Waals surface area contributed by atoms with E-state index in [0.29, 0.717) is 11.7 Å². The molecule has 2 atom stereocenters. The smallest absolute Gasteiger partial charge is 0.111 e. The fourth-order valence-electron chi connectivity index (χ4n) is 3.26. The van der Waals surface area contributed by atoms with Crippen LogP contribution in [0.1, 0.15) is 63.3 Å². The van der Waals surface area contributed by atoms with E-state index in [4.69, 9.17) is 4.74 Å². The van der Waals surface area contributed by atoms with Gasteiger partial charge in [0, 0.05) is 6.61 Å². The van der Waals surface area contributed by atoms with Crippen LogP contribution < -0.4 is 0 Å². The lowest BCUT2D eigenvalue weighted by molar-refractivity contribution is -0.0911. The molecule has 1 aromatic heterocycles. The van der Waals surface area contributed by atoms with Crippen molar-refractivity contribution in [2.24, 2.45) is 0 Å². The van der Waals surface area contributed by atoms with Gasteiger partial charge in [-0.05, 0) is 32.6 Å². The fraction of sp³-hybridized carbons (Fsp3) is 0.846. The molecule has 2 heterocycles. The Hall–Kier alpha value is -0.940. The molecule has 5 nitrogen and oxygen atoms in total. The molecule has 1 saturated carbocycles. The topological polar surface area (TPSA) is 60.2 Å². The van der Waals surface area contributed by atoms with Crippen LogP contribution >= 0.6 is 0 Å². The van der Waals surface area contributed by atoms with Gasteiger partial charge in [0.1, 0.15) is 5.69 Å². The molecule has 0 bridgehead atoms. The van der Waals surface area contributed by atoms with Gasteiger partial charge in [0.25, 0.3) is 0 Å². The molecule has 2 aliphatic rings. The summed E-state index contributed by atoms with van der Waals surface area (Å²) in [5.41, 5.74) is 0.752. The summed E-state index contributed by atoms with van der Waals surface area (Å²) in [6.07, 6.45) is 8.29. The second kappa shape index (κ2) is 4.63. The van der Waals surface area contributed by atoms with Crippen molar-refractivity contribution in [1.29, 1.82) is 0 Å². The maximum atomic E-state index is 9.50. The second-order valence-electron chi connectivity index (χ2n) is 5.68. The highest BCUT2D eigenvalue weighted by Crippen LogP contribution is 2.43. The number of ether oxygens (including phenoxy) is 1. The summed E-state index contributed by atoms with van der Waals surface area (Å²) in [4.78, 5) is 0. The summed E-state index contributed by atoms with van der Waals surface area (Å²) >= 11 is 0. The average molecular weight is 251 g/mol. The minimum Gasteiger partial charge on any atom is -0.387 e. The molecular weight excluding hydrogens is 230 g/mol. The highest BCUT2D eigenvalue weighted by molar-refractivity contribution is 4.99. The highest BCUT2D eigenvalue weighted by Gasteiger charge is 2.40. The molecule has 1 saturated heterocycles. The van der Waals surface area contributed by atoms with Gasteiger partial charge in [-0.25, -0.2) is 4.68 Å². The summed E-state index contributed by atoms with van der Waals surface area (Å²) in [6.45, 7) is 2.53. The van der Waals surface area contributed by atoms with Gasteiger partial charge in [-0.2, -0.15) is 0 Å². The van der Waals surface area contributed by atoms with Crippen LogP contribution in [-0.4, -0.2) is 32.3 Å². The molecule has 1 aliphatic carbocycles. The number of aliphatic hydroxyl groups excluding tert-OH is 1. The van der Waals surface area contributed by atoms with Crippen LogP contribution in [0.4, 0.5) is 0 Å². The van der Waals surface area contributed by atoms with E-state index in [1.807, 2.05) is 10.9 Å². The summed E-state index contributed by atoms with van der Waals surface area (Å²) in [7, 11) is 0. The van der Waals surface area contributed by atoms with Crippen molar-refractivity contribution >= 4 is 0 Å². The molecule has 18 heavy (non-hydrogen) atoms. The predicted molar refractivity (Wildman–Crippen MR) is 66.1 cm³/mol. The quantitative estimate of drug-likeness (QED) is 0.873. The first kappa shape index (κ1) is 12.1. The Labute approximate surface area is 107 Å². The lowest BCUT2D eigenvalue weighted by atomic mass is 9.89. The van der Waals surface area contributed by atoms with Crippen LogP contribution in [0.25, 0.3) is 0 Å². The Morgan fingerprint density at radius 1 is 1.50 bits per heavy atom. The van der Waals surface area contributed by atoms with E-state index < -0.39 is 6.10 Å². The molecular formula is C13H21N3O2. The van der Waals surface area contributed by atoms with Gasteiger partial charge in [-0.3, -0.25) is 0 Å². The first-order valence-corrected chi connectivity index (χ1v) is 6.92. The predicted octanol–water partition coefficient (Wildman–Crippen LogP) is 2.00.